The molecule has 1 atom stereocenters. The molecule has 6 heteroatoms. The van der Waals surface area contributed by atoms with Crippen LogP contribution in [0.1, 0.15) is 43.5 Å². The number of amides is 1. The molecule has 2 rings (SSSR count). The highest BCUT2D eigenvalue weighted by Crippen LogP contribution is 2.37. The van der Waals surface area contributed by atoms with Crippen molar-refractivity contribution in [1.82, 2.24) is 5.32 Å². The minimum absolute atomic E-state index is 0.0594. The lowest BCUT2D eigenvalue weighted by Gasteiger charge is -2.17. The van der Waals surface area contributed by atoms with Gasteiger partial charge in [0.05, 0.1) is 4.92 Å². The molecule has 5 nitrogen and oxygen atoms in total. The number of rotatable bonds is 3. The quantitative estimate of drug-likeness (QED) is 0.684. The number of nitrogens with zero attached hydrogens (tertiary/aromatic N) is 1. The Bertz CT molecular complexity index is 557. The second-order valence-corrected chi connectivity index (χ2v) is 6.43. The number of carbonyl (C=O) groups excluding carboxylic acids is 1. The molecule has 1 N–H and O–H groups in total. The lowest BCUT2D eigenvalue weighted by Crippen LogP contribution is -2.33. The van der Waals surface area contributed by atoms with E-state index in [1.807, 2.05) is 0 Å². The normalized spacial score (nSPS) is 20.6. The van der Waals surface area contributed by atoms with Gasteiger partial charge in [0.15, 0.2) is 0 Å². The van der Waals surface area contributed by atoms with Crippen molar-refractivity contribution in [2.45, 2.75) is 39.2 Å². The van der Waals surface area contributed by atoms with Gasteiger partial charge in [-0.25, -0.2) is 0 Å². The van der Waals surface area contributed by atoms with Crippen LogP contribution in [0.4, 0.5) is 5.69 Å². The molecule has 0 spiro atoms. The Morgan fingerprint density at radius 2 is 2.20 bits per heavy atom. The van der Waals surface area contributed by atoms with Crippen molar-refractivity contribution in [3.8, 4) is 0 Å². The molecule has 1 amide bonds. The lowest BCUT2D eigenvalue weighted by molar-refractivity contribution is -0.385. The fourth-order valence-corrected chi connectivity index (χ4v) is 2.84. The summed E-state index contributed by atoms with van der Waals surface area (Å²) >= 11 is 5.74. The number of nitro groups is 1. The summed E-state index contributed by atoms with van der Waals surface area (Å²) in [6.45, 7) is 4.31. The van der Waals surface area contributed by atoms with Gasteiger partial charge in [-0.2, -0.15) is 0 Å². The SMILES string of the molecule is CC1(C)CCC(NC(=O)c2ccc(Cl)cc2[N+](=O)[O-])C1. The summed E-state index contributed by atoms with van der Waals surface area (Å²) in [7, 11) is 0. The van der Waals surface area contributed by atoms with Crippen molar-refractivity contribution in [1.29, 1.82) is 0 Å². The Balaban J connectivity index is 2.16. The maximum atomic E-state index is 12.2. The van der Waals surface area contributed by atoms with Gasteiger partial charge in [-0.1, -0.05) is 25.4 Å². The zero-order chi connectivity index (χ0) is 14.9. The minimum atomic E-state index is -0.584. The topological polar surface area (TPSA) is 72.2 Å². The molecule has 0 saturated heterocycles. The van der Waals surface area contributed by atoms with Crippen LogP contribution in [0, 0.1) is 15.5 Å². The van der Waals surface area contributed by atoms with Gasteiger partial charge in [-0.05, 0) is 36.8 Å². The number of nitrogens with one attached hydrogen (secondary N) is 1. The fraction of sp³-hybridized carbons (Fsp3) is 0.500. The lowest BCUT2D eigenvalue weighted by atomic mass is 9.92. The number of hydrogen-bond donors (Lipinski definition) is 1. The van der Waals surface area contributed by atoms with E-state index in [0.29, 0.717) is 0 Å². The Labute approximate surface area is 122 Å². The highest BCUT2D eigenvalue weighted by atomic mass is 35.5. The van der Waals surface area contributed by atoms with E-state index < -0.39 is 10.8 Å². The van der Waals surface area contributed by atoms with Gasteiger partial charge < -0.3 is 5.32 Å². The van der Waals surface area contributed by atoms with Crippen LogP contribution in [-0.4, -0.2) is 16.9 Å². The maximum absolute atomic E-state index is 12.2. The molecule has 1 aliphatic carbocycles. The van der Waals surface area contributed by atoms with Crippen LogP contribution in [0.5, 0.6) is 0 Å². The van der Waals surface area contributed by atoms with E-state index in [1.165, 1.54) is 18.2 Å². The molecule has 20 heavy (non-hydrogen) atoms. The van der Waals surface area contributed by atoms with E-state index in [9.17, 15) is 14.9 Å². The third-order valence-electron chi connectivity index (χ3n) is 3.70. The van der Waals surface area contributed by atoms with Crippen molar-refractivity contribution < 1.29 is 9.72 Å². The zero-order valence-corrected chi connectivity index (χ0v) is 12.2. The fourth-order valence-electron chi connectivity index (χ4n) is 2.67. The van der Waals surface area contributed by atoms with E-state index >= 15 is 0 Å². The van der Waals surface area contributed by atoms with Crippen molar-refractivity contribution in [2.75, 3.05) is 0 Å². The van der Waals surface area contributed by atoms with Gasteiger partial charge in [0.2, 0.25) is 0 Å². The van der Waals surface area contributed by atoms with Gasteiger partial charge in [0, 0.05) is 17.1 Å². The molecule has 1 saturated carbocycles. The molecule has 108 valence electrons. The summed E-state index contributed by atoms with van der Waals surface area (Å²) in [5.74, 6) is -0.406. The van der Waals surface area contributed by atoms with Crippen molar-refractivity contribution in [3.05, 3.63) is 38.9 Å². The number of halogens is 1. The monoisotopic (exact) mass is 296 g/mol. The molecular weight excluding hydrogens is 280 g/mol. The average Bonchev–Trinajstić information content (AvgIpc) is 2.68. The molecule has 1 fully saturated rings. The van der Waals surface area contributed by atoms with Crippen LogP contribution in [0.3, 0.4) is 0 Å². The molecule has 1 aliphatic rings. The molecule has 0 aliphatic heterocycles. The third kappa shape index (κ3) is 3.28. The third-order valence-corrected chi connectivity index (χ3v) is 3.94. The summed E-state index contributed by atoms with van der Waals surface area (Å²) in [4.78, 5) is 22.6. The van der Waals surface area contributed by atoms with Crippen LogP contribution in [0.2, 0.25) is 5.02 Å². The summed E-state index contributed by atoms with van der Waals surface area (Å²) in [6.07, 6.45) is 2.83. The molecule has 0 aromatic heterocycles. The summed E-state index contributed by atoms with van der Waals surface area (Å²) in [6, 6.07) is 4.17. The Hall–Kier alpha value is -1.62. The Morgan fingerprint density at radius 1 is 1.50 bits per heavy atom. The second-order valence-electron chi connectivity index (χ2n) is 6.00. The van der Waals surface area contributed by atoms with Crippen molar-refractivity contribution in [3.63, 3.8) is 0 Å². The summed E-state index contributed by atoms with van der Waals surface area (Å²) in [5, 5.41) is 14.1. The highest BCUT2D eigenvalue weighted by molar-refractivity contribution is 6.31. The average molecular weight is 297 g/mol. The molecule has 0 heterocycles. The number of benzene rings is 1. The Kier molecular flexibility index (Phi) is 3.99. The van der Waals surface area contributed by atoms with Gasteiger partial charge >= 0.3 is 0 Å². The van der Waals surface area contributed by atoms with Gasteiger partial charge in [0.1, 0.15) is 5.56 Å². The molecule has 1 aromatic rings. The van der Waals surface area contributed by atoms with Crippen molar-refractivity contribution >= 4 is 23.2 Å². The first kappa shape index (κ1) is 14.8. The molecular formula is C14H17ClN2O3. The van der Waals surface area contributed by atoms with Crippen LogP contribution >= 0.6 is 11.6 Å². The first-order chi connectivity index (χ1) is 9.28. The zero-order valence-electron chi connectivity index (χ0n) is 11.5. The van der Waals surface area contributed by atoms with Crippen molar-refractivity contribution in [2.24, 2.45) is 5.41 Å². The van der Waals surface area contributed by atoms with Crippen LogP contribution in [0.25, 0.3) is 0 Å². The smallest absolute Gasteiger partial charge is 0.283 e. The molecule has 0 radical (unpaired) electrons. The predicted molar refractivity (Wildman–Crippen MR) is 77.0 cm³/mol. The molecule has 1 aromatic carbocycles. The first-order valence-electron chi connectivity index (χ1n) is 6.53. The summed E-state index contributed by atoms with van der Waals surface area (Å²) < 4.78 is 0. The second kappa shape index (κ2) is 5.40. The van der Waals surface area contributed by atoms with Gasteiger partial charge in [0.25, 0.3) is 11.6 Å². The predicted octanol–water partition coefficient (Wildman–Crippen LogP) is 3.56. The largest absolute Gasteiger partial charge is 0.349 e. The van der Waals surface area contributed by atoms with Crippen LogP contribution in [0.15, 0.2) is 18.2 Å². The van der Waals surface area contributed by atoms with E-state index in [2.05, 4.69) is 19.2 Å². The van der Waals surface area contributed by atoms with Gasteiger partial charge in [-0.3, -0.25) is 14.9 Å². The number of hydrogen-bond acceptors (Lipinski definition) is 3. The van der Waals surface area contributed by atoms with E-state index in [0.717, 1.165) is 19.3 Å². The summed E-state index contributed by atoms with van der Waals surface area (Å²) in [5.41, 5.74) is 0.0144. The first-order valence-corrected chi connectivity index (χ1v) is 6.91. The minimum Gasteiger partial charge on any atom is -0.349 e. The maximum Gasteiger partial charge on any atom is 0.283 e. The highest BCUT2D eigenvalue weighted by Gasteiger charge is 2.32. The van der Waals surface area contributed by atoms with Crippen LogP contribution < -0.4 is 5.32 Å². The van der Waals surface area contributed by atoms with E-state index in [1.54, 1.807) is 0 Å². The molecule has 1 unspecified atom stereocenters. The number of carbonyl (C=O) groups is 1. The van der Waals surface area contributed by atoms with Gasteiger partial charge in [-0.15, -0.1) is 0 Å². The van der Waals surface area contributed by atoms with E-state index in [4.69, 9.17) is 11.6 Å². The van der Waals surface area contributed by atoms with E-state index in [-0.39, 0.29) is 27.7 Å². The van der Waals surface area contributed by atoms with Crippen LogP contribution in [-0.2, 0) is 0 Å². The standard InChI is InChI=1S/C14H17ClN2O3/c1-14(2)6-5-10(8-14)16-13(18)11-4-3-9(15)7-12(11)17(19)20/h3-4,7,10H,5-6,8H2,1-2H3,(H,16,18). The Morgan fingerprint density at radius 3 is 2.75 bits per heavy atom. The number of nitro benzene ring substituents is 1. The molecule has 0 bridgehead atoms.